The Kier molecular flexibility index (Phi) is 7.90. The van der Waals surface area contributed by atoms with Crippen LogP contribution in [0.25, 0.3) is 0 Å². The van der Waals surface area contributed by atoms with Crippen molar-refractivity contribution in [2.45, 2.75) is 45.1 Å². The largest absolute Gasteiger partial charge is 0.385 e. The molecule has 8 heteroatoms. The molecule has 1 saturated carbocycles. The molecule has 0 unspecified atom stereocenters. The van der Waals surface area contributed by atoms with Crippen molar-refractivity contribution in [1.29, 1.82) is 0 Å². The maximum Gasteiger partial charge on any atom is 0.220 e. The lowest BCUT2D eigenvalue weighted by Crippen LogP contribution is -2.46. The smallest absolute Gasteiger partial charge is 0.220 e. The Balaban J connectivity index is 1.54. The van der Waals surface area contributed by atoms with Crippen molar-refractivity contribution in [3.8, 4) is 0 Å². The summed E-state index contributed by atoms with van der Waals surface area (Å²) < 4.78 is 5.29. The molecule has 1 aliphatic heterocycles. The summed E-state index contributed by atoms with van der Waals surface area (Å²) in [5.41, 5.74) is 6.92. The molecule has 1 aliphatic carbocycles. The van der Waals surface area contributed by atoms with E-state index >= 15 is 0 Å². The second-order valence-electron chi connectivity index (χ2n) is 8.53. The molecule has 0 atom stereocenters. The zero-order valence-corrected chi connectivity index (χ0v) is 18.3. The molecule has 4 N–H and O–H groups in total. The highest BCUT2D eigenvalue weighted by Crippen LogP contribution is 2.43. The summed E-state index contributed by atoms with van der Waals surface area (Å²) in [6, 6.07) is 4.05. The molecule has 1 aromatic rings. The molecule has 1 aromatic heterocycles. The van der Waals surface area contributed by atoms with Crippen LogP contribution in [0.3, 0.4) is 0 Å². The van der Waals surface area contributed by atoms with E-state index in [2.05, 4.69) is 31.6 Å². The normalized spacial score (nSPS) is 19.3. The van der Waals surface area contributed by atoms with Gasteiger partial charge in [0, 0.05) is 64.6 Å². The van der Waals surface area contributed by atoms with Crippen LogP contribution in [-0.2, 0) is 16.1 Å². The molecule has 3 rings (SSSR count). The summed E-state index contributed by atoms with van der Waals surface area (Å²) in [4.78, 5) is 22.7. The molecule has 0 bridgehead atoms. The first-order valence-electron chi connectivity index (χ1n) is 11.0. The van der Waals surface area contributed by atoms with Crippen molar-refractivity contribution in [2.75, 3.05) is 45.3 Å². The first-order chi connectivity index (χ1) is 14.6. The molecular formula is C22H36N6O2. The Morgan fingerprint density at radius 3 is 2.73 bits per heavy atom. The number of carbonyl (C=O) groups is 1. The van der Waals surface area contributed by atoms with Gasteiger partial charge in [-0.1, -0.05) is 12.5 Å². The standard InChI is InChI=1S/C22H36N6O2/c1-24-21(27-16-22(8-4-9-22)10-14-30-2)26-15-18-5-3-11-25-20(18)28-12-6-17(7-13-28)19(23)29/h3,5,11,17H,4,6-10,12-16H2,1-2H3,(H2,23,29)(H2,24,26,27). The summed E-state index contributed by atoms with van der Waals surface area (Å²) in [6.07, 6.45) is 8.26. The lowest BCUT2D eigenvalue weighted by molar-refractivity contribution is -0.122. The van der Waals surface area contributed by atoms with Crippen molar-refractivity contribution >= 4 is 17.7 Å². The number of nitrogens with one attached hydrogen (secondary N) is 2. The van der Waals surface area contributed by atoms with Crippen LogP contribution in [0.2, 0.25) is 0 Å². The first-order valence-corrected chi connectivity index (χ1v) is 11.0. The van der Waals surface area contributed by atoms with Crippen LogP contribution in [0.15, 0.2) is 23.3 Å². The number of rotatable bonds is 9. The Bertz CT molecular complexity index is 726. The predicted molar refractivity (Wildman–Crippen MR) is 119 cm³/mol. The van der Waals surface area contributed by atoms with E-state index in [4.69, 9.17) is 10.5 Å². The number of ether oxygens (including phenoxy) is 1. The quantitative estimate of drug-likeness (QED) is 0.418. The van der Waals surface area contributed by atoms with Gasteiger partial charge in [0.1, 0.15) is 5.82 Å². The van der Waals surface area contributed by atoms with E-state index in [1.165, 1.54) is 19.3 Å². The van der Waals surface area contributed by atoms with E-state index in [-0.39, 0.29) is 11.8 Å². The fraction of sp³-hybridized carbons (Fsp3) is 0.682. The van der Waals surface area contributed by atoms with Crippen LogP contribution in [0.1, 0.15) is 44.1 Å². The van der Waals surface area contributed by atoms with Crippen LogP contribution >= 0.6 is 0 Å². The second kappa shape index (κ2) is 10.6. The third kappa shape index (κ3) is 5.62. The van der Waals surface area contributed by atoms with E-state index in [1.54, 1.807) is 14.2 Å². The molecular weight excluding hydrogens is 380 g/mol. The minimum atomic E-state index is -0.192. The number of carbonyl (C=O) groups excluding carboxylic acids is 1. The number of primary amides is 1. The summed E-state index contributed by atoms with van der Waals surface area (Å²) in [5, 5.41) is 6.94. The van der Waals surface area contributed by atoms with Gasteiger partial charge < -0.3 is 26.0 Å². The number of methoxy groups -OCH3 is 1. The average molecular weight is 417 g/mol. The van der Waals surface area contributed by atoms with Gasteiger partial charge in [-0.3, -0.25) is 9.79 Å². The van der Waals surface area contributed by atoms with Crippen LogP contribution in [0.4, 0.5) is 5.82 Å². The molecule has 2 aliphatic rings. The van der Waals surface area contributed by atoms with Gasteiger partial charge in [-0.15, -0.1) is 0 Å². The number of nitrogens with two attached hydrogens (primary N) is 1. The second-order valence-corrected chi connectivity index (χ2v) is 8.53. The van der Waals surface area contributed by atoms with Crippen molar-refractivity contribution in [3.63, 3.8) is 0 Å². The van der Waals surface area contributed by atoms with E-state index < -0.39 is 0 Å². The molecule has 2 fully saturated rings. The molecule has 1 amide bonds. The highest BCUT2D eigenvalue weighted by molar-refractivity contribution is 5.80. The van der Waals surface area contributed by atoms with E-state index in [0.29, 0.717) is 12.0 Å². The average Bonchev–Trinajstić information content (AvgIpc) is 2.75. The van der Waals surface area contributed by atoms with Gasteiger partial charge in [0.05, 0.1) is 0 Å². The van der Waals surface area contributed by atoms with Crippen molar-refractivity contribution in [2.24, 2.45) is 22.1 Å². The molecule has 0 aromatic carbocycles. The number of nitrogens with zero attached hydrogens (tertiary/aromatic N) is 3. The maximum absolute atomic E-state index is 11.4. The maximum atomic E-state index is 11.4. The third-order valence-corrected chi connectivity index (χ3v) is 6.62. The zero-order valence-electron chi connectivity index (χ0n) is 18.3. The summed E-state index contributed by atoms with van der Waals surface area (Å²) in [6.45, 7) is 3.96. The number of amides is 1. The number of piperidine rings is 1. The summed E-state index contributed by atoms with van der Waals surface area (Å²) in [5.74, 6) is 1.56. The molecule has 8 nitrogen and oxygen atoms in total. The SMILES string of the molecule is CN=C(NCc1cccnc1N1CCC(C(N)=O)CC1)NCC1(CCOC)CCC1. The van der Waals surface area contributed by atoms with Gasteiger partial charge in [0.25, 0.3) is 0 Å². The topological polar surface area (TPSA) is 105 Å². The molecule has 1 saturated heterocycles. The zero-order chi connectivity index (χ0) is 21.4. The Morgan fingerprint density at radius 2 is 2.13 bits per heavy atom. The van der Waals surface area contributed by atoms with Gasteiger partial charge in [-0.25, -0.2) is 4.98 Å². The third-order valence-electron chi connectivity index (χ3n) is 6.62. The minimum Gasteiger partial charge on any atom is -0.385 e. The minimum absolute atomic E-state index is 0.0218. The number of anilines is 1. The van der Waals surface area contributed by atoms with E-state index in [1.807, 2.05) is 12.3 Å². The molecule has 0 radical (unpaired) electrons. The fourth-order valence-electron chi connectivity index (χ4n) is 4.41. The van der Waals surface area contributed by atoms with Crippen molar-refractivity contribution in [1.82, 2.24) is 15.6 Å². The Labute approximate surface area is 179 Å². The van der Waals surface area contributed by atoms with Crippen LogP contribution in [0, 0.1) is 11.3 Å². The lowest BCUT2D eigenvalue weighted by Gasteiger charge is -2.42. The predicted octanol–water partition coefficient (Wildman–Crippen LogP) is 1.66. The summed E-state index contributed by atoms with van der Waals surface area (Å²) in [7, 11) is 3.57. The molecule has 166 valence electrons. The summed E-state index contributed by atoms with van der Waals surface area (Å²) >= 11 is 0. The van der Waals surface area contributed by atoms with Gasteiger partial charge in [0.2, 0.25) is 5.91 Å². The Hall–Kier alpha value is -2.35. The monoisotopic (exact) mass is 416 g/mol. The molecule has 2 heterocycles. The van der Waals surface area contributed by atoms with Gasteiger partial charge in [0.15, 0.2) is 5.96 Å². The molecule has 0 spiro atoms. The first kappa shape index (κ1) is 22.3. The van der Waals surface area contributed by atoms with Gasteiger partial charge in [-0.2, -0.15) is 0 Å². The Morgan fingerprint density at radius 1 is 1.37 bits per heavy atom. The van der Waals surface area contributed by atoms with E-state index in [0.717, 1.165) is 62.8 Å². The number of guanidine groups is 1. The van der Waals surface area contributed by atoms with Crippen LogP contribution in [-0.4, -0.2) is 57.2 Å². The van der Waals surface area contributed by atoms with Crippen molar-refractivity contribution < 1.29 is 9.53 Å². The van der Waals surface area contributed by atoms with Gasteiger partial charge >= 0.3 is 0 Å². The highest BCUT2D eigenvalue weighted by atomic mass is 16.5. The number of hydrogen-bond acceptors (Lipinski definition) is 5. The van der Waals surface area contributed by atoms with Crippen molar-refractivity contribution in [3.05, 3.63) is 23.9 Å². The lowest BCUT2D eigenvalue weighted by atomic mass is 9.67. The van der Waals surface area contributed by atoms with E-state index in [9.17, 15) is 4.79 Å². The van der Waals surface area contributed by atoms with Crippen LogP contribution < -0.4 is 21.3 Å². The number of aliphatic imine (C=N–C) groups is 1. The molecule has 30 heavy (non-hydrogen) atoms. The number of hydrogen-bond donors (Lipinski definition) is 3. The number of pyridine rings is 1. The van der Waals surface area contributed by atoms with Crippen LogP contribution in [0.5, 0.6) is 0 Å². The highest BCUT2D eigenvalue weighted by Gasteiger charge is 2.36. The number of aromatic nitrogens is 1. The fourth-order valence-corrected chi connectivity index (χ4v) is 4.41. The van der Waals surface area contributed by atoms with Gasteiger partial charge in [-0.05, 0) is 43.6 Å².